The van der Waals surface area contributed by atoms with Gasteiger partial charge in [0.05, 0.1) is 0 Å². The van der Waals surface area contributed by atoms with Crippen LogP contribution in [0.4, 0.5) is 25.2 Å². The lowest BCUT2D eigenvalue weighted by atomic mass is 10.1. The van der Waals surface area contributed by atoms with Gasteiger partial charge >= 0.3 is 6.03 Å². The van der Waals surface area contributed by atoms with Gasteiger partial charge in [-0.3, -0.25) is 10.1 Å². The minimum absolute atomic E-state index is 0.303. The second-order valence-electron chi connectivity index (χ2n) is 7.43. The van der Waals surface area contributed by atoms with Gasteiger partial charge < -0.3 is 15.1 Å². The quantitative estimate of drug-likeness (QED) is 0.780. The van der Waals surface area contributed by atoms with Gasteiger partial charge in [0.2, 0.25) is 0 Å². The van der Waals surface area contributed by atoms with E-state index in [1.54, 1.807) is 12.1 Å². The SMILES string of the molecule is O=C(NCC1CC1)Nc1ccc(N2CCN(C(=O)c3c(F)cccc3F)CC2)nn1. The van der Waals surface area contributed by atoms with Crippen LogP contribution in [0.2, 0.25) is 0 Å². The molecule has 1 aromatic carbocycles. The number of halogens is 2. The summed E-state index contributed by atoms with van der Waals surface area (Å²) in [5.41, 5.74) is -0.527. The Kier molecular flexibility index (Phi) is 5.73. The Labute approximate surface area is 172 Å². The predicted octanol–water partition coefficient (Wildman–Crippen LogP) is 2.25. The van der Waals surface area contributed by atoms with E-state index < -0.39 is 23.1 Å². The van der Waals surface area contributed by atoms with Gasteiger partial charge in [0.15, 0.2) is 11.6 Å². The first kappa shape index (κ1) is 20.0. The van der Waals surface area contributed by atoms with Crippen molar-refractivity contribution in [2.75, 3.05) is 42.9 Å². The van der Waals surface area contributed by atoms with E-state index in [4.69, 9.17) is 0 Å². The molecular weight excluding hydrogens is 394 g/mol. The summed E-state index contributed by atoms with van der Waals surface area (Å²) in [4.78, 5) is 27.6. The van der Waals surface area contributed by atoms with Gasteiger partial charge in [-0.15, -0.1) is 10.2 Å². The number of anilines is 2. The molecule has 2 fully saturated rings. The summed E-state index contributed by atoms with van der Waals surface area (Å²) < 4.78 is 27.7. The Morgan fingerprint density at radius 2 is 1.70 bits per heavy atom. The zero-order valence-corrected chi connectivity index (χ0v) is 16.3. The molecule has 2 heterocycles. The van der Waals surface area contributed by atoms with E-state index in [9.17, 15) is 18.4 Å². The first-order valence-corrected chi connectivity index (χ1v) is 9.88. The van der Waals surface area contributed by atoms with Crippen molar-refractivity contribution in [1.29, 1.82) is 0 Å². The summed E-state index contributed by atoms with van der Waals surface area (Å²) in [5, 5.41) is 13.6. The molecular formula is C20H22F2N6O2. The maximum Gasteiger partial charge on any atom is 0.320 e. The molecule has 0 atom stereocenters. The minimum atomic E-state index is -0.863. The van der Waals surface area contributed by atoms with E-state index in [1.807, 2.05) is 4.90 Å². The van der Waals surface area contributed by atoms with Crippen LogP contribution >= 0.6 is 0 Å². The summed E-state index contributed by atoms with van der Waals surface area (Å²) in [5.74, 6) is -0.855. The fraction of sp³-hybridized carbons (Fsp3) is 0.400. The number of nitrogens with one attached hydrogen (secondary N) is 2. The predicted molar refractivity (Wildman–Crippen MR) is 106 cm³/mol. The molecule has 30 heavy (non-hydrogen) atoms. The molecule has 8 nitrogen and oxygen atoms in total. The zero-order valence-electron chi connectivity index (χ0n) is 16.3. The van der Waals surface area contributed by atoms with Crippen molar-refractivity contribution in [3.05, 3.63) is 47.5 Å². The van der Waals surface area contributed by atoms with Gasteiger partial charge in [-0.05, 0) is 43.0 Å². The summed E-state index contributed by atoms with van der Waals surface area (Å²) in [6.07, 6.45) is 2.31. The largest absolute Gasteiger partial charge is 0.352 e. The lowest BCUT2D eigenvalue weighted by Crippen LogP contribution is -2.49. The van der Waals surface area contributed by atoms with Gasteiger partial charge in [0, 0.05) is 32.7 Å². The van der Waals surface area contributed by atoms with Gasteiger partial charge in [-0.1, -0.05) is 6.07 Å². The molecule has 0 bridgehead atoms. The molecule has 1 aromatic heterocycles. The Hall–Kier alpha value is -3.30. The van der Waals surface area contributed by atoms with E-state index in [0.29, 0.717) is 50.3 Å². The summed E-state index contributed by atoms with van der Waals surface area (Å²) in [7, 11) is 0. The third kappa shape index (κ3) is 4.64. The number of carbonyl (C=O) groups excluding carboxylic acids is 2. The number of urea groups is 1. The van der Waals surface area contributed by atoms with Crippen LogP contribution < -0.4 is 15.5 Å². The van der Waals surface area contributed by atoms with Gasteiger partial charge in [-0.2, -0.15) is 0 Å². The van der Waals surface area contributed by atoms with Crippen LogP contribution in [-0.4, -0.2) is 59.8 Å². The average Bonchev–Trinajstić information content (AvgIpc) is 3.57. The standard InChI is InChI=1S/C20H22F2N6O2/c21-14-2-1-3-15(22)18(14)19(29)28-10-8-27(9-11-28)17-7-6-16(25-26-17)24-20(30)23-12-13-4-5-13/h1-3,6-7,13H,4-5,8-12H2,(H2,23,24,25,30). The molecule has 1 aliphatic heterocycles. The van der Waals surface area contributed by atoms with Gasteiger partial charge in [0.25, 0.3) is 5.91 Å². The number of aromatic nitrogens is 2. The highest BCUT2D eigenvalue weighted by Crippen LogP contribution is 2.27. The number of rotatable bonds is 5. The fourth-order valence-electron chi connectivity index (χ4n) is 3.28. The van der Waals surface area contributed by atoms with E-state index >= 15 is 0 Å². The Morgan fingerprint density at radius 1 is 1.00 bits per heavy atom. The molecule has 158 valence electrons. The van der Waals surface area contributed by atoms with Crippen LogP contribution in [-0.2, 0) is 0 Å². The van der Waals surface area contributed by atoms with Crippen molar-refractivity contribution in [2.24, 2.45) is 5.92 Å². The van der Waals surface area contributed by atoms with Gasteiger partial charge in [-0.25, -0.2) is 13.6 Å². The highest BCUT2D eigenvalue weighted by atomic mass is 19.1. The van der Waals surface area contributed by atoms with Crippen LogP contribution in [0.25, 0.3) is 0 Å². The van der Waals surface area contributed by atoms with E-state index in [2.05, 4.69) is 20.8 Å². The minimum Gasteiger partial charge on any atom is -0.352 e. The molecule has 10 heteroatoms. The molecule has 0 unspecified atom stereocenters. The van der Waals surface area contributed by atoms with Crippen molar-refractivity contribution in [1.82, 2.24) is 20.4 Å². The van der Waals surface area contributed by atoms with Crippen LogP contribution in [0, 0.1) is 17.6 Å². The summed E-state index contributed by atoms with van der Waals surface area (Å²) in [6.45, 7) is 2.17. The second-order valence-corrected chi connectivity index (χ2v) is 7.43. The monoisotopic (exact) mass is 416 g/mol. The number of carbonyl (C=O) groups is 2. The molecule has 2 aromatic rings. The van der Waals surface area contributed by atoms with Crippen molar-refractivity contribution in [3.63, 3.8) is 0 Å². The zero-order chi connectivity index (χ0) is 21.1. The molecule has 3 amide bonds. The second kappa shape index (κ2) is 8.60. The number of hydrogen-bond donors (Lipinski definition) is 2. The Balaban J connectivity index is 1.30. The molecule has 2 N–H and O–H groups in total. The number of nitrogens with zero attached hydrogens (tertiary/aromatic N) is 4. The maximum atomic E-state index is 13.9. The first-order valence-electron chi connectivity index (χ1n) is 9.88. The number of hydrogen-bond acceptors (Lipinski definition) is 5. The van der Waals surface area contributed by atoms with Crippen molar-refractivity contribution in [2.45, 2.75) is 12.8 Å². The molecule has 4 rings (SSSR count). The Morgan fingerprint density at radius 3 is 2.30 bits per heavy atom. The normalized spacial score (nSPS) is 16.3. The van der Waals surface area contributed by atoms with Crippen molar-refractivity contribution >= 4 is 23.6 Å². The van der Waals surface area contributed by atoms with E-state index in [1.165, 1.54) is 11.0 Å². The third-order valence-corrected chi connectivity index (χ3v) is 5.21. The maximum absolute atomic E-state index is 13.9. The summed E-state index contributed by atoms with van der Waals surface area (Å²) >= 11 is 0. The van der Waals surface area contributed by atoms with Gasteiger partial charge in [0.1, 0.15) is 17.2 Å². The van der Waals surface area contributed by atoms with Crippen molar-refractivity contribution < 1.29 is 18.4 Å². The first-order chi connectivity index (χ1) is 14.5. The highest BCUT2D eigenvalue weighted by Gasteiger charge is 2.27. The molecule has 1 saturated heterocycles. The topological polar surface area (TPSA) is 90.5 Å². The third-order valence-electron chi connectivity index (χ3n) is 5.21. The van der Waals surface area contributed by atoms with E-state index in [-0.39, 0.29) is 6.03 Å². The lowest BCUT2D eigenvalue weighted by molar-refractivity contribution is 0.0736. The molecule has 1 aliphatic carbocycles. The number of amides is 3. The van der Waals surface area contributed by atoms with Crippen LogP contribution in [0.5, 0.6) is 0 Å². The molecule has 0 radical (unpaired) electrons. The lowest BCUT2D eigenvalue weighted by Gasteiger charge is -2.35. The average molecular weight is 416 g/mol. The molecule has 0 spiro atoms. The van der Waals surface area contributed by atoms with Crippen LogP contribution in [0.3, 0.4) is 0 Å². The molecule has 1 saturated carbocycles. The number of piperazine rings is 1. The molecule has 2 aliphatic rings. The fourth-order valence-corrected chi connectivity index (χ4v) is 3.28. The summed E-state index contributed by atoms with van der Waals surface area (Å²) in [6, 6.07) is 6.46. The Bertz CT molecular complexity index is 907. The number of benzene rings is 1. The van der Waals surface area contributed by atoms with Crippen molar-refractivity contribution in [3.8, 4) is 0 Å². The highest BCUT2D eigenvalue weighted by molar-refractivity contribution is 5.95. The smallest absolute Gasteiger partial charge is 0.320 e. The van der Waals surface area contributed by atoms with Crippen LogP contribution in [0.1, 0.15) is 23.2 Å². The van der Waals surface area contributed by atoms with E-state index in [0.717, 1.165) is 25.0 Å². The van der Waals surface area contributed by atoms with Crippen LogP contribution in [0.15, 0.2) is 30.3 Å².